The average molecular weight is 1960 g/mol. The molecule has 10 aliphatic heterocycles. The summed E-state index contributed by atoms with van der Waals surface area (Å²) in [6, 6.07) is 72.3. The third-order valence-corrected chi connectivity index (χ3v) is 28.2. The number of likely N-dealkylation sites (N-methyl/N-ethyl adjacent to an activating group) is 7. The van der Waals surface area contributed by atoms with Gasteiger partial charge >= 0.3 is 173 Å². The standard InChI is InChI=1S/C20H23NO5S.C19H21NO2Se.2C13H15NO3.C13H17NO3.C13H15NO2.C6H11NO3.C5H9NO3/c1-15-8-10-18(11-9-15)27(23,24)26-17-12-19(21(2)13-17)20(22)25-14-16-6-4-3-5-7-16;1-20-13-17(23-16-10-6-3-7-11-16)12-18(20)19(21)22-14-15-8-4-2-5-9-15;2*1-14-7-10-12(17-10)11(14)13(15)16-8-9-5-3-2-4-6-9;1-14-8-11(15)7-12(14)13(16)17-9-10-5-3-2-4-6-10;1-14-9-5-8-12(14)13(15)16-10-11-6-3-2-4-7-11;1-7-3-4(8)2-5(7)6(9)10;7-3-1-4(5(8)9)6-2-3/h3-11,17,19H,12-14H2,1-2H3;2-11,17-18H,12-14H2,1H3;2*2-6,10-12H,7-8H2,1H3;2-6,11-12,15H,7-9H2,1H3;2-8,12H,9-10H2,1H3;4-5,8H,2-3H2,1H3,(H,9,10);3-4,6-7H,1-2H2,(H,8,9)/p-1/t17-,19+;17-,18-;10-,11+,12-;10-,11-,12-;11-,12+;12-;4-,5+;3-,4+/m10101011/s1. The number of carbonyl (C=O) groups excluding carboxylic acids is 8. The fraction of sp³-hybridized carbons (Fsp3) is 0.431. The Labute approximate surface area is 801 Å². The molecule has 17 atom stereocenters. The van der Waals surface area contributed by atoms with Crippen molar-refractivity contribution in [2.45, 2.75) is 186 Å². The molecule has 730 valence electrons. The molecule has 0 unspecified atom stereocenters. The first-order valence-electron chi connectivity index (χ1n) is 45.5. The van der Waals surface area contributed by atoms with Gasteiger partial charge in [-0.05, 0) is 95.6 Å². The molecule has 9 fully saturated rings. The first kappa shape index (κ1) is 106. The molecule has 8 aromatic carbocycles. The molecule has 18 rings (SSSR count). The summed E-state index contributed by atoms with van der Waals surface area (Å²) in [7, 11) is 9.18. The number of esters is 6. The number of nitrogens with zero attached hydrogens (tertiary/aromatic N) is 7. The number of aliphatic hydroxyl groups is 3. The van der Waals surface area contributed by atoms with E-state index >= 15 is 0 Å². The zero-order chi connectivity index (χ0) is 97.4. The Morgan fingerprint density at radius 1 is 0.390 bits per heavy atom. The van der Waals surface area contributed by atoms with Crippen LogP contribution in [0.2, 0.25) is 4.82 Å². The summed E-state index contributed by atoms with van der Waals surface area (Å²) in [6.45, 7) is 8.97. The normalized spacial score (nSPS) is 25.7. The predicted molar refractivity (Wildman–Crippen MR) is 499 cm³/mol. The van der Waals surface area contributed by atoms with Crippen molar-refractivity contribution < 1.29 is 120 Å². The van der Waals surface area contributed by atoms with Gasteiger partial charge in [0.05, 0.1) is 53.4 Å². The number of hydrogen-bond donors (Lipinski definition) is 4. The number of rotatable bonds is 25. The number of morpholine rings is 2. The molecular weight excluding hydrogens is 1830 g/mol. The number of aliphatic carboxylic acids is 2. The molecule has 5 N–H and O–H groups in total. The molecule has 0 bridgehead atoms. The maximum atomic E-state index is 12.4. The second kappa shape index (κ2) is 52.6. The Balaban J connectivity index is 0.000000152. The van der Waals surface area contributed by atoms with Gasteiger partial charge in [0, 0.05) is 58.5 Å². The molecule has 34 heteroatoms. The monoisotopic (exact) mass is 1960 g/mol. The van der Waals surface area contributed by atoms with Crippen molar-refractivity contribution in [2.24, 2.45) is 0 Å². The van der Waals surface area contributed by atoms with Gasteiger partial charge in [0.2, 0.25) is 0 Å². The molecule has 0 radical (unpaired) electrons. The van der Waals surface area contributed by atoms with Crippen LogP contribution in [0.5, 0.6) is 0 Å². The predicted octanol–water partition coefficient (Wildman–Crippen LogP) is 3.02. The van der Waals surface area contributed by atoms with E-state index in [9.17, 15) is 62.1 Å². The number of ether oxygens (including phenoxy) is 8. The van der Waals surface area contributed by atoms with Crippen molar-refractivity contribution in [3.8, 4) is 0 Å². The van der Waals surface area contributed by atoms with Crippen LogP contribution in [-0.2, 0) is 130 Å². The van der Waals surface area contributed by atoms with E-state index in [1.165, 1.54) is 16.6 Å². The van der Waals surface area contributed by atoms with E-state index in [0.717, 1.165) is 71.5 Å². The number of aryl methyl sites for hydroxylation is 1. The number of benzene rings is 8. The summed E-state index contributed by atoms with van der Waals surface area (Å²) >= 11 is 0.407. The number of carbonyl (C=O) groups is 8. The van der Waals surface area contributed by atoms with Gasteiger partial charge in [-0.2, -0.15) is 8.42 Å². The van der Waals surface area contributed by atoms with Gasteiger partial charge in [-0.3, -0.25) is 52.8 Å². The van der Waals surface area contributed by atoms with Gasteiger partial charge in [-0.25, -0.2) is 4.79 Å². The number of quaternary nitrogens is 1. The van der Waals surface area contributed by atoms with Gasteiger partial charge in [0.15, 0.2) is 0 Å². The molecular formula is C102H125N8O24SSe-. The van der Waals surface area contributed by atoms with Crippen LogP contribution in [0.4, 0.5) is 0 Å². The van der Waals surface area contributed by atoms with Gasteiger partial charge in [-0.1, -0.05) is 182 Å². The zero-order valence-corrected chi connectivity index (χ0v) is 80.4. The molecule has 136 heavy (non-hydrogen) atoms. The van der Waals surface area contributed by atoms with Crippen LogP contribution in [0.25, 0.3) is 0 Å². The van der Waals surface area contributed by atoms with Crippen molar-refractivity contribution >= 4 is 77.3 Å². The smallest absolute Gasteiger partial charge is 0.326 e. The largest absolute Gasteiger partial charge is 0.548 e. The minimum Gasteiger partial charge on any atom is -0.548 e. The molecule has 8 aromatic rings. The minimum atomic E-state index is -3.87. The van der Waals surface area contributed by atoms with E-state index in [2.05, 4.69) is 29.2 Å². The van der Waals surface area contributed by atoms with E-state index in [4.69, 9.17) is 52.3 Å². The van der Waals surface area contributed by atoms with E-state index in [0.29, 0.717) is 98.2 Å². The number of hydrogen-bond acceptors (Lipinski definition) is 31. The number of β-amino-alcohol motifs (C(OH)–C–C–N with tert-alkyl or cyclic N) is 2. The molecule has 0 amide bonds. The minimum absolute atomic E-state index is 0.0586. The van der Waals surface area contributed by atoms with Gasteiger partial charge in [0.25, 0.3) is 10.1 Å². The number of fused-ring (bicyclic) bond motifs is 2. The van der Waals surface area contributed by atoms with Gasteiger partial charge in [-0.15, -0.1) is 0 Å². The fourth-order valence-electron chi connectivity index (χ4n) is 16.6. The van der Waals surface area contributed by atoms with Crippen LogP contribution in [-0.4, -0.2) is 320 Å². The summed E-state index contributed by atoms with van der Waals surface area (Å²) in [5.41, 5.74) is 6.91. The summed E-state index contributed by atoms with van der Waals surface area (Å²) in [6.07, 6.45) is 4.74. The van der Waals surface area contributed by atoms with Crippen molar-refractivity contribution in [1.82, 2.24) is 34.3 Å². The van der Waals surface area contributed by atoms with E-state index in [1.807, 2.05) is 262 Å². The van der Waals surface area contributed by atoms with Crippen LogP contribution >= 0.6 is 0 Å². The Kier molecular flexibility index (Phi) is 40.9. The maximum Gasteiger partial charge on any atom is 0.326 e. The fourth-order valence-corrected chi connectivity index (χ4v) is 20.4. The second-order valence-electron chi connectivity index (χ2n) is 35.1. The Hall–Kier alpha value is -10.8. The van der Waals surface area contributed by atoms with E-state index in [-0.39, 0.29) is 108 Å². The van der Waals surface area contributed by atoms with Crippen molar-refractivity contribution in [1.29, 1.82) is 0 Å². The van der Waals surface area contributed by atoms with Crippen molar-refractivity contribution in [3.63, 3.8) is 0 Å². The van der Waals surface area contributed by atoms with Crippen molar-refractivity contribution in [2.75, 3.05) is 102 Å². The molecule has 10 heterocycles. The third-order valence-electron chi connectivity index (χ3n) is 24.3. The maximum absolute atomic E-state index is 12.4. The topological polar surface area (TPSA) is 406 Å². The Bertz CT molecular complexity index is 5150. The number of aliphatic hydroxyl groups excluding tert-OH is 3. The van der Waals surface area contributed by atoms with Crippen LogP contribution in [0.1, 0.15) is 71.0 Å². The quantitative estimate of drug-likeness (QED) is 0.0159. The van der Waals surface area contributed by atoms with Crippen LogP contribution in [0, 0.1) is 6.92 Å². The number of epoxide rings is 2. The first-order chi connectivity index (χ1) is 65.3. The summed E-state index contributed by atoms with van der Waals surface area (Å²) < 4.78 is 74.4. The number of carboxylic acids is 2. The van der Waals surface area contributed by atoms with Crippen molar-refractivity contribution in [3.05, 3.63) is 288 Å². The first-order valence-corrected chi connectivity index (χ1v) is 48.7. The molecule has 0 saturated carbocycles. The molecule has 0 spiro atoms. The third kappa shape index (κ3) is 33.2. The summed E-state index contributed by atoms with van der Waals surface area (Å²) in [5, 5.41) is 49.2. The summed E-state index contributed by atoms with van der Waals surface area (Å²) in [5.74, 6) is -3.44. The number of likely N-dealkylation sites (tertiary alicyclic amines) is 6. The molecule has 32 nitrogen and oxygen atoms in total. The summed E-state index contributed by atoms with van der Waals surface area (Å²) in [4.78, 5) is 106. The zero-order valence-electron chi connectivity index (χ0n) is 77.9. The average Bonchev–Trinajstić information content (AvgIpc) is 1.60. The Morgan fingerprint density at radius 2 is 0.743 bits per heavy atom. The van der Waals surface area contributed by atoms with Crippen LogP contribution in [0.3, 0.4) is 0 Å². The molecule has 0 aliphatic carbocycles. The molecule has 0 aromatic heterocycles. The van der Waals surface area contributed by atoms with Crippen LogP contribution in [0.15, 0.2) is 254 Å². The van der Waals surface area contributed by atoms with E-state index < -0.39 is 64.6 Å². The second-order valence-corrected chi connectivity index (χ2v) is 39.6. The molecule has 9 saturated heterocycles. The molecule has 10 aliphatic rings. The number of nitrogens with two attached hydrogens (primary N) is 1. The van der Waals surface area contributed by atoms with Crippen LogP contribution < -0.4 is 20.0 Å². The number of carboxylic acid groups (broad SMARTS) is 2. The Morgan fingerprint density at radius 3 is 1.07 bits per heavy atom. The van der Waals surface area contributed by atoms with Gasteiger partial charge in [0.1, 0.15) is 94.1 Å². The van der Waals surface area contributed by atoms with Gasteiger partial charge < -0.3 is 73.6 Å². The van der Waals surface area contributed by atoms with E-state index in [1.54, 1.807) is 41.3 Å². The SMILES string of the molecule is CN1CC=C[C@H]1C(=O)OCc1ccccc1.CN1C[C@@H]([Se]c2ccccc2)C[C@H]1C(=O)OCc1ccccc1.CN1C[C@@H]2O[C@@H]2[C@H]1C(=O)OCc1ccccc1.CN1C[C@H](O)C[C@H]1C(=O)OCc1ccccc1.CN1C[C@H](O)C[C@H]1C(=O)[O-].CN1C[C@H]2O[C@H]2[C@H]1C(=O)OCc1ccccc1.Cc1ccc(S(=O)(=O)O[C@@H]2C[C@@H](C(=O)OCc3ccccc3)N(C)C2)cc1.O=C([O-])[C@@H]1C[C@@H](O)C[NH2+]1.